The number of carbonyl (C=O) groups is 1. The van der Waals surface area contributed by atoms with Crippen molar-refractivity contribution in [1.29, 1.82) is 0 Å². The number of rotatable bonds is 4. The monoisotopic (exact) mass is 353 g/mol. The largest absolute Gasteiger partial charge is 0.484 e. The Bertz CT molecular complexity index is 865. The maximum absolute atomic E-state index is 12.2. The zero-order chi connectivity index (χ0) is 17.2. The van der Waals surface area contributed by atoms with Gasteiger partial charge in [-0.15, -0.1) is 0 Å². The molecule has 0 saturated heterocycles. The first-order valence-corrected chi connectivity index (χ1v) is 7.55. The van der Waals surface area contributed by atoms with Gasteiger partial charge in [-0.1, -0.05) is 17.4 Å². The maximum Gasteiger partial charge on any atom is 0.422 e. The summed E-state index contributed by atoms with van der Waals surface area (Å²) >= 11 is 1.14. The number of ether oxygens (including phenoxy) is 1. The second kappa shape index (κ2) is 6.44. The van der Waals surface area contributed by atoms with Gasteiger partial charge in [0.15, 0.2) is 11.7 Å². The number of carbonyl (C=O) groups excluding carboxylic acids is 1. The normalized spacial score (nSPS) is 11.5. The quantitative estimate of drug-likeness (QED) is 0.773. The number of halogens is 3. The molecule has 2 heterocycles. The summed E-state index contributed by atoms with van der Waals surface area (Å²) in [6.45, 7) is -1.36. The van der Waals surface area contributed by atoms with Crippen LogP contribution in [0.1, 0.15) is 10.5 Å². The minimum atomic E-state index is -4.40. The number of nitrogens with zero attached hydrogens (tertiary/aromatic N) is 2. The van der Waals surface area contributed by atoms with Crippen LogP contribution in [0.15, 0.2) is 42.6 Å². The van der Waals surface area contributed by atoms with E-state index in [2.05, 4.69) is 15.3 Å². The lowest BCUT2D eigenvalue weighted by atomic mass is 10.3. The molecule has 1 amide bonds. The minimum Gasteiger partial charge on any atom is -0.484 e. The fourth-order valence-corrected chi connectivity index (χ4v) is 2.76. The van der Waals surface area contributed by atoms with E-state index in [1.54, 1.807) is 18.2 Å². The Morgan fingerprint density at radius 2 is 2.08 bits per heavy atom. The van der Waals surface area contributed by atoms with Gasteiger partial charge >= 0.3 is 6.18 Å². The predicted molar refractivity (Wildman–Crippen MR) is 83.4 cm³/mol. The molecule has 5 nitrogen and oxygen atoms in total. The smallest absolute Gasteiger partial charge is 0.422 e. The van der Waals surface area contributed by atoms with E-state index in [9.17, 15) is 18.0 Å². The maximum atomic E-state index is 12.2. The molecular weight excluding hydrogens is 343 g/mol. The number of anilines is 1. The highest BCUT2D eigenvalue weighted by atomic mass is 32.1. The molecule has 2 aromatic heterocycles. The van der Waals surface area contributed by atoms with Crippen LogP contribution in [0.3, 0.4) is 0 Å². The lowest BCUT2D eigenvalue weighted by molar-refractivity contribution is -0.153. The van der Waals surface area contributed by atoms with Gasteiger partial charge in [-0.05, 0) is 30.3 Å². The first-order chi connectivity index (χ1) is 11.4. The standard InChI is InChI=1S/C15H10F3N3O2S/c16-15(17,18)8-23-9-4-5-10-12(7-9)24-14(20-10)21-13(22)11-3-1-2-6-19-11/h1-7H,8H2,(H,20,21,22). The Balaban J connectivity index is 1.75. The zero-order valence-electron chi connectivity index (χ0n) is 12.0. The highest BCUT2D eigenvalue weighted by Crippen LogP contribution is 2.30. The lowest BCUT2D eigenvalue weighted by Gasteiger charge is -2.08. The van der Waals surface area contributed by atoms with Crippen molar-refractivity contribution in [2.75, 3.05) is 11.9 Å². The van der Waals surface area contributed by atoms with Gasteiger partial charge in [-0.25, -0.2) is 4.98 Å². The lowest BCUT2D eigenvalue weighted by Crippen LogP contribution is -2.19. The van der Waals surface area contributed by atoms with Crippen LogP contribution in [0.4, 0.5) is 18.3 Å². The summed E-state index contributed by atoms with van der Waals surface area (Å²) in [5, 5.41) is 2.94. The van der Waals surface area contributed by atoms with Crippen LogP contribution in [-0.4, -0.2) is 28.7 Å². The van der Waals surface area contributed by atoms with Gasteiger partial charge in [-0.3, -0.25) is 15.1 Å². The molecule has 0 atom stereocenters. The number of nitrogens with one attached hydrogen (secondary N) is 1. The van der Waals surface area contributed by atoms with Crippen molar-refractivity contribution in [2.45, 2.75) is 6.18 Å². The number of alkyl halides is 3. The molecule has 0 saturated carbocycles. The molecule has 0 spiro atoms. The first kappa shape index (κ1) is 16.2. The van der Waals surface area contributed by atoms with E-state index >= 15 is 0 Å². The van der Waals surface area contributed by atoms with E-state index in [1.807, 2.05) is 0 Å². The number of amides is 1. The Morgan fingerprint density at radius 3 is 2.79 bits per heavy atom. The van der Waals surface area contributed by atoms with Gasteiger partial charge < -0.3 is 4.74 Å². The topological polar surface area (TPSA) is 64.1 Å². The summed E-state index contributed by atoms with van der Waals surface area (Å²) in [6.07, 6.45) is -2.90. The predicted octanol–water partition coefficient (Wildman–Crippen LogP) is 3.88. The van der Waals surface area contributed by atoms with Gasteiger partial charge in [-0.2, -0.15) is 13.2 Å². The third-order valence-corrected chi connectivity index (χ3v) is 3.81. The first-order valence-electron chi connectivity index (χ1n) is 6.73. The van der Waals surface area contributed by atoms with Gasteiger partial charge in [0.05, 0.1) is 10.2 Å². The van der Waals surface area contributed by atoms with Crippen LogP contribution in [-0.2, 0) is 0 Å². The van der Waals surface area contributed by atoms with E-state index in [0.29, 0.717) is 15.3 Å². The van der Waals surface area contributed by atoms with Crippen molar-refractivity contribution in [1.82, 2.24) is 9.97 Å². The van der Waals surface area contributed by atoms with E-state index in [-0.39, 0.29) is 11.4 Å². The molecule has 3 rings (SSSR count). The summed E-state index contributed by atoms with van der Waals surface area (Å²) in [7, 11) is 0. The van der Waals surface area contributed by atoms with Crippen molar-refractivity contribution in [3.8, 4) is 5.75 Å². The van der Waals surface area contributed by atoms with Gasteiger partial charge in [0, 0.05) is 6.20 Å². The average Bonchev–Trinajstić information content (AvgIpc) is 2.94. The fraction of sp³-hybridized carbons (Fsp3) is 0.133. The molecule has 124 valence electrons. The zero-order valence-corrected chi connectivity index (χ0v) is 12.8. The number of benzene rings is 1. The number of fused-ring (bicyclic) bond motifs is 1. The molecule has 0 aliphatic rings. The van der Waals surface area contributed by atoms with Crippen molar-refractivity contribution >= 4 is 32.6 Å². The van der Waals surface area contributed by atoms with Crippen LogP contribution in [0.5, 0.6) is 5.75 Å². The molecule has 0 fully saturated rings. The van der Waals surface area contributed by atoms with E-state index in [0.717, 1.165) is 11.3 Å². The molecule has 0 bridgehead atoms. The van der Waals surface area contributed by atoms with Crippen LogP contribution in [0.2, 0.25) is 0 Å². The molecule has 1 N–H and O–H groups in total. The summed E-state index contributed by atoms with van der Waals surface area (Å²) in [5.74, 6) is -0.325. The number of aromatic nitrogens is 2. The number of pyridine rings is 1. The molecule has 0 unspecified atom stereocenters. The summed E-state index contributed by atoms with van der Waals surface area (Å²) in [6, 6.07) is 9.33. The van der Waals surface area contributed by atoms with Crippen molar-refractivity contribution in [3.05, 3.63) is 48.3 Å². The minimum absolute atomic E-state index is 0.0890. The van der Waals surface area contributed by atoms with Gasteiger partial charge in [0.2, 0.25) is 0 Å². The number of thiazole rings is 1. The van der Waals surface area contributed by atoms with Crippen LogP contribution < -0.4 is 10.1 Å². The summed E-state index contributed by atoms with van der Waals surface area (Å²) < 4.78 is 41.8. The van der Waals surface area contributed by atoms with Crippen molar-refractivity contribution in [3.63, 3.8) is 0 Å². The van der Waals surface area contributed by atoms with Crippen molar-refractivity contribution < 1.29 is 22.7 Å². The number of hydrogen-bond acceptors (Lipinski definition) is 5. The summed E-state index contributed by atoms with van der Waals surface area (Å²) in [4.78, 5) is 20.2. The third kappa shape index (κ3) is 3.99. The molecule has 0 aliphatic heterocycles. The van der Waals surface area contributed by atoms with Crippen LogP contribution in [0, 0.1) is 0 Å². The number of hydrogen-bond donors (Lipinski definition) is 1. The molecule has 0 radical (unpaired) electrons. The second-order valence-corrected chi connectivity index (χ2v) is 5.75. The Labute approximate surface area is 138 Å². The van der Waals surface area contributed by atoms with E-state index < -0.39 is 18.7 Å². The SMILES string of the molecule is O=C(Nc1nc2ccc(OCC(F)(F)F)cc2s1)c1ccccn1. The molecular formula is C15H10F3N3O2S. The Hall–Kier alpha value is -2.68. The van der Waals surface area contributed by atoms with Crippen molar-refractivity contribution in [2.24, 2.45) is 0 Å². The highest BCUT2D eigenvalue weighted by Gasteiger charge is 2.28. The molecule has 9 heteroatoms. The Kier molecular flexibility index (Phi) is 4.34. The van der Waals surface area contributed by atoms with Crippen LogP contribution >= 0.6 is 11.3 Å². The van der Waals surface area contributed by atoms with Crippen LogP contribution in [0.25, 0.3) is 10.2 Å². The Morgan fingerprint density at radius 1 is 1.25 bits per heavy atom. The molecule has 24 heavy (non-hydrogen) atoms. The highest BCUT2D eigenvalue weighted by molar-refractivity contribution is 7.22. The molecule has 0 aliphatic carbocycles. The molecule has 3 aromatic rings. The summed E-state index contributed by atoms with van der Waals surface area (Å²) in [5.41, 5.74) is 0.793. The van der Waals surface area contributed by atoms with Gasteiger partial charge in [0.1, 0.15) is 11.4 Å². The second-order valence-electron chi connectivity index (χ2n) is 4.72. The van der Waals surface area contributed by atoms with Gasteiger partial charge in [0.25, 0.3) is 5.91 Å². The third-order valence-electron chi connectivity index (χ3n) is 2.88. The van der Waals surface area contributed by atoms with E-state index in [1.165, 1.54) is 24.4 Å². The fourth-order valence-electron chi connectivity index (χ4n) is 1.87. The van der Waals surface area contributed by atoms with E-state index in [4.69, 9.17) is 4.74 Å². The molecule has 1 aromatic carbocycles. The average molecular weight is 353 g/mol.